The first kappa shape index (κ1) is 7.08. The second-order valence-corrected chi connectivity index (χ2v) is 2.15. The average Bonchev–Trinajstić information content (AvgIpc) is 1.82. The smallest absolute Gasteiger partial charge is 0.196 e. The molecule has 0 aliphatic heterocycles. The quantitative estimate of drug-likeness (QED) is 0.548. The fourth-order valence-electron chi connectivity index (χ4n) is 0.553. The molecule has 4 nitrogen and oxygen atoms in total. The van der Waals surface area contributed by atoms with Crippen molar-refractivity contribution in [3.05, 3.63) is 11.0 Å². The molecular weight excluding hydrogens is 154 g/mol. The van der Waals surface area contributed by atoms with Crippen LogP contribution in [0.1, 0.15) is 5.82 Å². The van der Waals surface area contributed by atoms with Gasteiger partial charge in [0.15, 0.2) is 16.7 Å². The van der Waals surface area contributed by atoms with E-state index in [1.165, 1.54) is 0 Å². The second kappa shape index (κ2) is 2.30. The maximum atomic E-state index is 8.95. The molecular formula is C5H6ClN3O. The molecule has 0 saturated carbocycles. The number of aromatic nitrogens is 2. The molecule has 0 amide bonds. The second-order valence-electron chi connectivity index (χ2n) is 1.80. The van der Waals surface area contributed by atoms with Gasteiger partial charge in [0, 0.05) is 0 Å². The van der Waals surface area contributed by atoms with Gasteiger partial charge in [-0.2, -0.15) is 0 Å². The lowest BCUT2D eigenvalue weighted by atomic mass is 10.5. The summed E-state index contributed by atoms with van der Waals surface area (Å²) in [5.74, 6) is 0.199. The molecule has 0 aliphatic carbocycles. The van der Waals surface area contributed by atoms with Gasteiger partial charge < -0.3 is 10.8 Å². The van der Waals surface area contributed by atoms with E-state index in [0.717, 1.165) is 0 Å². The van der Waals surface area contributed by atoms with E-state index in [-0.39, 0.29) is 16.7 Å². The first-order chi connectivity index (χ1) is 4.61. The average molecular weight is 160 g/mol. The Morgan fingerprint density at radius 2 is 2.10 bits per heavy atom. The number of halogens is 1. The molecule has 0 radical (unpaired) electrons. The molecule has 1 heterocycles. The van der Waals surface area contributed by atoms with Gasteiger partial charge in [0.1, 0.15) is 5.82 Å². The molecule has 0 aromatic carbocycles. The molecule has 10 heavy (non-hydrogen) atoms. The third-order valence-corrected chi connectivity index (χ3v) is 1.24. The number of anilines is 1. The molecule has 1 rings (SSSR count). The highest BCUT2D eigenvalue weighted by Gasteiger charge is 2.05. The number of rotatable bonds is 0. The summed E-state index contributed by atoms with van der Waals surface area (Å²) < 4.78 is 0. The minimum absolute atomic E-state index is 0.00926. The Labute approximate surface area is 62.7 Å². The number of nitrogen functional groups attached to an aromatic ring is 1. The monoisotopic (exact) mass is 159 g/mol. The van der Waals surface area contributed by atoms with Crippen molar-refractivity contribution < 1.29 is 5.11 Å². The molecule has 0 aliphatic rings. The molecule has 0 saturated heterocycles. The molecule has 5 heteroatoms. The standard InChI is InChI=1S/C5H6ClN3O/c1-2-8-4(6)3(10)5(7)9-2/h10H,1H3,(H2,7,8,9). The normalized spacial score (nSPS) is 9.80. The fourth-order valence-corrected chi connectivity index (χ4v) is 0.772. The summed E-state index contributed by atoms with van der Waals surface area (Å²) in [7, 11) is 0. The summed E-state index contributed by atoms with van der Waals surface area (Å²) in [4.78, 5) is 7.32. The van der Waals surface area contributed by atoms with Crippen LogP contribution < -0.4 is 5.73 Å². The van der Waals surface area contributed by atoms with Crippen LogP contribution in [0.4, 0.5) is 5.82 Å². The van der Waals surface area contributed by atoms with E-state index < -0.39 is 0 Å². The van der Waals surface area contributed by atoms with Crippen LogP contribution in [-0.2, 0) is 0 Å². The topological polar surface area (TPSA) is 72.0 Å². The highest BCUT2D eigenvalue weighted by Crippen LogP contribution is 2.24. The van der Waals surface area contributed by atoms with Crippen LogP contribution in [0.15, 0.2) is 0 Å². The molecule has 0 spiro atoms. The lowest BCUT2D eigenvalue weighted by Gasteiger charge is -1.99. The molecule has 1 aromatic rings. The first-order valence-electron chi connectivity index (χ1n) is 2.60. The van der Waals surface area contributed by atoms with Gasteiger partial charge in [-0.25, -0.2) is 9.97 Å². The molecule has 0 fully saturated rings. The summed E-state index contributed by atoms with van der Waals surface area (Å²) in [6.45, 7) is 1.64. The van der Waals surface area contributed by atoms with Crippen molar-refractivity contribution in [2.45, 2.75) is 6.92 Å². The number of nitrogens with two attached hydrogens (primary N) is 1. The van der Waals surface area contributed by atoms with Crippen LogP contribution >= 0.6 is 11.6 Å². The van der Waals surface area contributed by atoms with Crippen molar-refractivity contribution in [1.29, 1.82) is 0 Å². The largest absolute Gasteiger partial charge is 0.502 e. The minimum atomic E-state index is -0.257. The highest BCUT2D eigenvalue weighted by atomic mass is 35.5. The first-order valence-corrected chi connectivity index (χ1v) is 2.97. The van der Waals surface area contributed by atoms with Crippen LogP contribution in [0.25, 0.3) is 0 Å². The Kier molecular flexibility index (Phi) is 1.63. The van der Waals surface area contributed by atoms with Crippen LogP contribution in [0, 0.1) is 6.92 Å². The Morgan fingerprint density at radius 1 is 1.50 bits per heavy atom. The zero-order chi connectivity index (χ0) is 7.72. The van der Waals surface area contributed by atoms with Gasteiger partial charge in [-0.3, -0.25) is 0 Å². The van der Waals surface area contributed by atoms with Crippen molar-refractivity contribution >= 4 is 17.4 Å². The van der Waals surface area contributed by atoms with E-state index in [1.54, 1.807) is 6.92 Å². The van der Waals surface area contributed by atoms with Crippen molar-refractivity contribution in [3.8, 4) is 5.75 Å². The number of aromatic hydroxyl groups is 1. The summed E-state index contributed by atoms with van der Waals surface area (Å²) in [6.07, 6.45) is 0. The molecule has 0 unspecified atom stereocenters. The van der Waals surface area contributed by atoms with E-state index in [9.17, 15) is 0 Å². The van der Waals surface area contributed by atoms with Gasteiger partial charge in [0.05, 0.1) is 0 Å². The van der Waals surface area contributed by atoms with Gasteiger partial charge in [0.25, 0.3) is 0 Å². The number of nitrogens with zero attached hydrogens (tertiary/aromatic N) is 2. The number of hydrogen-bond acceptors (Lipinski definition) is 4. The van der Waals surface area contributed by atoms with Gasteiger partial charge in [-0.1, -0.05) is 11.6 Å². The number of aryl methyl sites for hydroxylation is 1. The minimum Gasteiger partial charge on any atom is -0.502 e. The maximum Gasteiger partial charge on any atom is 0.196 e. The Balaban J connectivity index is 3.31. The zero-order valence-corrected chi connectivity index (χ0v) is 6.05. The molecule has 0 bridgehead atoms. The summed E-state index contributed by atoms with van der Waals surface area (Å²) in [5, 5.41) is 8.94. The maximum absolute atomic E-state index is 8.95. The van der Waals surface area contributed by atoms with Gasteiger partial charge in [0.2, 0.25) is 0 Å². The predicted octanol–water partition coefficient (Wildman–Crippen LogP) is 0.726. The van der Waals surface area contributed by atoms with Crippen molar-refractivity contribution in [1.82, 2.24) is 9.97 Å². The summed E-state index contributed by atoms with van der Waals surface area (Å²) >= 11 is 5.44. The fraction of sp³-hybridized carbons (Fsp3) is 0.200. The van der Waals surface area contributed by atoms with E-state index in [1.807, 2.05) is 0 Å². The molecule has 54 valence electrons. The SMILES string of the molecule is Cc1nc(N)c(O)c(Cl)n1. The van der Waals surface area contributed by atoms with Crippen LogP contribution in [0.5, 0.6) is 5.75 Å². The molecule has 1 aromatic heterocycles. The lowest BCUT2D eigenvalue weighted by molar-refractivity contribution is 0.472. The van der Waals surface area contributed by atoms with Gasteiger partial charge in [-0.15, -0.1) is 0 Å². The van der Waals surface area contributed by atoms with E-state index >= 15 is 0 Å². The highest BCUT2D eigenvalue weighted by molar-refractivity contribution is 6.31. The van der Waals surface area contributed by atoms with Crippen molar-refractivity contribution in [3.63, 3.8) is 0 Å². The van der Waals surface area contributed by atoms with Crippen LogP contribution in [0.3, 0.4) is 0 Å². The number of hydrogen-bond donors (Lipinski definition) is 2. The van der Waals surface area contributed by atoms with Crippen LogP contribution in [-0.4, -0.2) is 15.1 Å². The molecule has 0 atom stereocenters. The Hall–Kier alpha value is -1.03. The zero-order valence-electron chi connectivity index (χ0n) is 5.30. The van der Waals surface area contributed by atoms with Crippen LogP contribution in [0.2, 0.25) is 5.15 Å². The molecule has 3 N–H and O–H groups in total. The van der Waals surface area contributed by atoms with E-state index in [0.29, 0.717) is 5.82 Å². The predicted molar refractivity (Wildman–Crippen MR) is 37.9 cm³/mol. The lowest BCUT2D eigenvalue weighted by Crippen LogP contribution is -1.96. The van der Waals surface area contributed by atoms with E-state index in [2.05, 4.69) is 9.97 Å². The van der Waals surface area contributed by atoms with Gasteiger partial charge in [-0.05, 0) is 6.92 Å². The summed E-state index contributed by atoms with van der Waals surface area (Å²) in [6, 6.07) is 0. The summed E-state index contributed by atoms with van der Waals surface area (Å²) in [5.41, 5.74) is 5.24. The Morgan fingerprint density at radius 3 is 2.60 bits per heavy atom. The van der Waals surface area contributed by atoms with E-state index in [4.69, 9.17) is 22.4 Å². The van der Waals surface area contributed by atoms with Gasteiger partial charge >= 0.3 is 0 Å². The van der Waals surface area contributed by atoms with Crippen molar-refractivity contribution in [2.24, 2.45) is 0 Å². The van der Waals surface area contributed by atoms with Crippen molar-refractivity contribution in [2.75, 3.05) is 5.73 Å². The third kappa shape index (κ3) is 1.11. The third-order valence-electron chi connectivity index (χ3n) is 0.980. The Bertz CT molecular complexity index is 240.